The van der Waals surface area contributed by atoms with E-state index in [0.29, 0.717) is 17.0 Å². The molecule has 0 bridgehead atoms. The highest BCUT2D eigenvalue weighted by atomic mass is 32.2. The van der Waals surface area contributed by atoms with E-state index in [1.54, 1.807) is 47.9 Å². The summed E-state index contributed by atoms with van der Waals surface area (Å²) in [4.78, 5) is 37.5. The van der Waals surface area contributed by atoms with Gasteiger partial charge in [-0.2, -0.15) is 0 Å². The Labute approximate surface area is 189 Å². The monoisotopic (exact) mass is 447 g/mol. The number of nitro groups is 1. The number of benzene rings is 3. The summed E-state index contributed by atoms with van der Waals surface area (Å²) in [6.45, 7) is 3.62. The van der Waals surface area contributed by atoms with E-state index < -0.39 is 10.8 Å². The van der Waals surface area contributed by atoms with Crippen LogP contribution in [0.25, 0.3) is 0 Å². The SMILES string of the molecule is Cc1cccc(N2C(=O)CS[C@@H]2c2ccc(NC(=O)c3ccc(C)c([N+](=O)[O-])c3)cc2)c1. The van der Waals surface area contributed by atoms with Crippen molar-refractivity contribution in [3.63, 3.8) is 0 Å². The summed E-state index contributed by atoms with van der Waals surface area (Å²) in [7, 11) is 0. The van der Waals surface area contributed by atoms with Gasteiger partial charge in [0.15, 0.2) is 0 Å². The number of rotatable bonds is 5. The first-order chi connectivity index (χ1) is 15.3. The summed E-state index contributed by atoms with van der Waals surface area (Å²) >= 11 is 1.56. The first-order valence-electron chi connectivity index (χ1n) is 10.00. The van der Waals surface area contributed by atoms with Crippen LogP contribution in [0.4, 0.5) is 17.1 Å². The van der Waals surface area contributed by atoms with Gasteiger partial charge in [0, 0.05) is 28.6 Å². The maximum atomic E-state index is 12.6. The first-order valence-corrected chi connectivity index (χ1v) is 11.0. The Morgan fingerprint density at radius 2 is 1.84 bits per heavy atom. The molecule has 1 fully saturated rings. The number of carbonyl (C=O) groups is 2. The van der Waals surface area contributed by atoms with Crippen LogP contribution >= 0.6 is 11.8 Å². The van der Waals surface area contributed by atoms with Crippen LogP contribution in [0.2, 0.25) is 0 Å². The molecular weight excluding hydrogens is 426 g/mol. The molecule has 0 unspecified atom stereocenters. The quantitative estimate of drug-likeness (QED) is 0.426. The van der Waals surface area contributed by atoms with Crippen molar-refractivity contribution in [1.29, 1.82) is 0 Å². The molecular formula is C24H21N3O4S. The van der Waals surface area contributed by atoms with Crippen LogP contribution in [0.1, 0.15) is 32.4 Å². The van der Waals surface area contributed by atoms with Crippen molar-refractivity contribution in [1.82, 2.24) is 0 Å². The number of carbonyl (C=O) groups excluding carboxylic acids is 2. The molecule has 0 aliphatic carbocycles. The smallest absolute Gasteiger partial charge is 0.273 e. The summed E-state index contributed by atoms with van der Waals surface area (Å²) in [5.41, 5.74) is 4.09. The molecule has 0 spiro atoms. The van der Waals surface area contributed by atoms with E-state index >= 15 is 0 Å². The second-order valence-corrected chi connectivity index (χ2v) is 8.67. The number of nitrogens with one attached hydrogen (secondary N) is 1. The van der Waals surface area contributed by atoms with Crippen LogP contribution in [0.5, 0.6) is 0 Å². The molecule has 1 heterocycles. The predicted molar refractivity (Wildman–Crippen MR) is 126 cm³/mol. The molecule has 0 saturated carbocycles. The minimum absolute atomic E-state index is 0.0592. The molecule has 4 rings (SSSR count). The standard InChI is InChI=1S/C24H21N3O4S/c1-15-4-3-5-20(12-15)26-22(28)14-32-24(26)17-8-10-19(11-9-17)25-23(29)18-7-6-16(2)21(13-18)27(30)31/h3-13,24H,14H2,1-2H3,(H,25,29)/t24-/m1/s1. The molecule has 1 aliphatic rings. The van der Waals surface area contributed by atoms with Crippen LogP contribution in [0.3, 0.4) is 0 Å². The maximum absolute atomic E-state index is 12.6. The van der Waals surface area contributed by atoms with Crippen LogP contribution in [-0.4, -0.2) is 22.5 Å². The molecule has 1 saturated heterocycles. The summed E-state index contributed by atoms with van der Waals surface area (Å²) in [6.07, 6.45) is 0. The molecule has 7 nitrogen and oxygen atoms in total. The number of amides is 2. The highest BCUT2D eigenvalue weighted by Crippen LogP contribution is 2.42. The van der Waals surface area contributed by atoms with Gasteiger partial charge in [-0.15, -0.1) is 11.8 Å². The Morgan fingerprint density at radius 1 is 1.09 bits per heavy atom. The van der Waals surface area contributed by atoms with Gasteiger partial charge in [0.1, 0.15) is 5.37 Å². The fourth-order valence-electron chi connectivity index (χ4n) is 3.61. The average Bonchev–Trinajstić information content (AvgIpc) is 3.15. The number of anilines is 2. The lowest BCUT2D eigenvalue weighted by Gasteiger charge is -2.25. The second kappa shape index (κ2) is 8.84. The van der Waals surface area contributed by atoms with Gasteiger partial charge in [-0.1, -0.05) is 30.3 Å². The molecule has 32 heavy (non-hydrogen) atoms. The molecule has 0 aromatic heterocycles. The molecule has 162 valence electrons. The molecule has 8 heteroatoms. The minimum Gasteiger partial charge on any atom is -0.322 e. The summed E-state index contributed by atoms with van der Waals surface area (Å²) < 4.78 is 0. The third-order valence-corrected chi connectivity index (χ3v) is 6.48. The number of aryl methyl sites for hydroxylation is 2. The van der Waals surface area contributed by atoms with E-state index in [2.05, 4.69) is 5.32 Å². The van der Waals surface area contributed by atoms with Gasteiger partial charge in [-0.3, -0.25) is 24.6 Å². The van der Waals surface area contributed by atoms with Crippen LogP contribution in [0.15, 0.2) is 66.7 Å². The zero-order valence-corrected chi connectivity index (χ0v) is 18.4. The van der Waals surface area contributed by atoms with E-state index in [-0.39, 0.29) is 22.5 Å². The molecule has 2 amide bonds. The van der Waals surface area contributed by atoms with E-state index in [1.807, 2.05) is 43.3 Å². The van der Waals surface area contributed by atoms with Crippen LogP contribution in [-0.2, 0) is 4.79 Å². The van der Waals surface area contributed by atoms with Gasteiger partial charge in [0.05, 0.1) is 10.7 Å². The van der Waals surface area contributed by atoms with Gasteiger partial charge in [-0.25, -0.2) is 0 Å². The van der Waals surface area contributed by atoms with Crippen molar-refractivity contribution in [3.05, 3.63) is 99.1 Å². The zero-order valence-electron chi connectivity index (χ0n) is 17.6. The van der Waals surface area contributed by atoms with Gasteiger partial charge in [0.2, 0.25) is 5.91 Å². The highest BCUT2D eigenvalue weighted by molar-refractivity contribution is 8.00. The van der Waals surface area contributed by atoms with E-state index in [0.717, 1.165) is 16.8 Å². The third-order valence-electron chi connectivity index (χ3n) is 5.27. The number of thioether (sulfide) groups is 1. The molecule has 1 N–H and O–H groups in total. The number of nitro benzene ring substituents is 1. The normalized spacial score (nSPS) is 15.6. The topological polar surface area (TPSA) is 92.6 Å². The number of nitrogens with zero attached hydrogens (tertiary/aromatic N) is 2. The van der Waals surface area contributed by atoms with Crippen molar-refractivity contribution >= 4 is 40.6 Å². The first kappa shape index (κ1) is 21.6. The highest BCUT2D eigenvalue weighted by Gasteiger charge is 2.34. The summed E-state index contributed by atoms with van der Waals surface area (Å²) in [6, 6.07) is 19.6. The number of hydrogen-bond donors (Lipinski definition) is 1. The Morgan fingerprint density at radius 3 is 2.53 bits per heavy atom. The van der Waals surface area contributed by atoms with Crippen molar-refractivity contribution in [2.24, 2.45) is 0 Å². The fourth-order valence-corrected chi connectivity index (χ4v) is 4.79. The summed E-state index contributed by atoms with van der Waals surface area (Å²) in [5.74, 6) is 0.0418. The Hall–Kier alpha value is -3.65. The minimum atomic E-state index is -0.499. The van der Waals surface area contributed by atoms with Gasteiger partial charge >= 0.3 is 0 Å². The Balaban J connectivity index is 1.52. The van der Waals surface area contributed by atoms with Crippen molar-refractivity contribution in [3.8, 4) is 0 Å². The zero-order chi connectivity index (χ0) is 22.8. The molecule has 3 aromatic rings. The van der Waals surface area contributed by atoms with E-state index in [1.165, 1.54) is 6.07 Å². The van der Waals surface area contributed by atoms with Gasteiger partial charge < -0.3 is 5.32 Å². The summed E-state index contributed by atoms with van der Waals surface area (Å²) in [5, 5.41) is 13.8. The Kier molecular flexibility index (Phi) is 5.96. The predicted octanol–water partition coefficient (Wildman–Crippen LogP) is 5.24. The molecule has 1 aliphatic heterocycles. The van der Waals surface area contributed by atoms with Gasteiger partial charge in [0.25, 0.3) is 11.6 Å². The van der Waals surface area contributed by atoms with Crippen molar-refractivity contribution < 1.29 is 14.5 Å². The van der Waals surface area contributed by atoms with Crippen LogP contribution < -0.4 is 10.2 Å². The van der Waals surface area contributed by atoms with E-state index in [9.17, 15) is 19.7 Å². The lowest BCUT2D eigenvalue weighted by molar-refractivity contribution is -0.385. The van der Waals surface area contributed by atoms with Crippen molar-refractivity contribution in [2.45, 2.75) is 19.2 Å². The second-order valence-electron chi connectivity index (χ2n) is 7.60. The lowest BCUT2D eigenvalue weighted by Crippen LogP contribution is -2.27. The maximum Gasteiger partial charge on any atom is 0.273 e. The fraction of sp³-hybridized carbons (Fsp3) is 0.167. The number of hydrogen-bond acceptors (Lipinski definition) is 5. The largest absolute Gasteiger partial charge is 0.322 e. The van der Waals surface area contributed by atoms with E-state index in [4.69, 9.17) is 0 Å². The molecule has 1 atom stereocenters. The van der Waals surface area contributed by atoms with Crippen LogP contribution in [0, 0.1) is 24.0 Å². The molecule has 3 aromatic carbocycles. The van der Waals surface area contributed by atoms with Crippen molar-refractivity contribution in [2.75, 3.05) is 16.0 Å². The lowest BCUT2D eigenvalue weighted by atomic mass is 10.1. The Bertz CT molecular complexity index is 1210. The average molecular weight is 448 g/mol. The van der Waals surface area contributed by atoms with Gasteiger partial charge in [-0.05, 0) is 55.3 Å². The third kappa shape index (κ3) is 4.36. The molecule has 0 radical (unpaired) electrons.